The Hall–Kier alpha value is -0.140. The van der Waals surface area contributed by atoms with Crippen LogP contribution in [0.5, 0.6) is 0 Å². The lowest BCUT2D eigenvalue weighted by atomic mass is 9.99. The summed E-state index contributed by atoms with van der Waals surface area (Å²) in [7, 11) is 2.59. The first kappa shape index (κ1) is 6.97. The number of nitrogens with two attached hydrogens (primary N) is 1. The molecular formula is C5H11N2OP. The van der Waals surface area contributed by atoms with Crippen LogP contribution >= 0.6 is 9.39 Å². The van der Waals surface area contributed by atoms with Crippen molar-refractivity contribution < 1.29 is 4.79 Å². The van der Waals surface area contributed by atoms with Crippen LogP contribution in [0.4, 0.5) is 0 Å². The van der Waals surface area contributed by atoms with Gasteiger partial charge >= 0.3 is 0 Å². The largest absolute Gasteiger partial charge is 0.370 e. The Bertz CT molecular complexity index is 122. The lowest BCUT2D eigenvalue weighted by Gasteiger charge is -2.34. The number of rotatable bonds is 2. The first-order chi connectivity index (χ1) is 4.18. The number of nitrogens with zero attached hydrogens (tertiary/aromatic N) is 1. The van der Waals surface area contributed by atoms with Crippen LogP contribution in [0.15, 0.2) is 0 Å². The second-order valence-electron chi connectivity index (χ2n) is 2.49. The molecule has 0 aromatic heterocycles. The molecule has 1 fully saturated rings. The highest BCUT2D eigenvalue weighted by Gasteiger charge is 2.24. The van der Waals surface area contributed by atoms with E-state index in [2.05, 4.69) is 14.1 Å². The smallest absolute Gasteiger partial charge is 0.217 e. The van der Waals surface area contributed by atoms with Crippen LogP contribution < -0.4 is 5.73 Å². The van der Waals surface area contributed by atoms with Crippen LogP contribution in [-0.2, 0) is 4.79 Å². The van der Waals surface area contributed by atoms with Gasteiger partial charge in [-0.3, -0.25) is 9.46 Å². The van der Waals surface area contributed by atoms with Gasteiger partial charge in [0.25, 0.3) is 0 Å². The lowest BCUT2D eigenvalue weighted by molar-refractivity contribution is -0.119. The molecule has 0 aromatic rings. The van der Waals surface area contributed by atoms with E-state index < -0.39 is 0 Å². The second-order valence-corrected chi connectivity index (χ2v) is 3.22. The van der Waals surface area contributed by atoms with Crippen molar-refractivity contribution in [2.45, 2.75) is 6.42 Å². The minimum atomic E-state index is -0.182. The van der Waals surface area contributed by atoms with Crippen molar-refractivity contribution in [3.63, 3.8) is 0 Å². The molecule has 9 heavy (non-hydrogen) atoms. The zero-order chi connectivity index (χ0) is 6.85. The molecule has 1 amide bonds. The Morgan fingerprint density at radius 3 is 2.67 bits per heavy atom. The maximum Gasteiger partial charge on any atom is 0.217 e. The molecule has 1 unspecified atom stereocenters. The van der Waals surface area contributed by atoms with Gasteiger partial charge in [-0.2, -0.15) is 0 Å². The Labute approximate surface area is 56.8 Å². The van der Waals surface area contributed by atoms with Crippen LogP contribution in [0.2, 0.25) is 0 Å². The summed E-state index contributed by atoms with van der Waals surface area (Å²) in [5.74, 6) is 0.332. The van der Waals surface area contributed by atoms with E-state index in [1.54, 1.807) is 0 Å². The third-order valence-electron chi connectivity index (χ3n) is 1.48. The fourth-order valence-corrected chi connectivity index (χ4v) is 1.62. The van der Waals surface area contributed by atoms with E-state index >= 15 is 0 Å². The van der Waals surface area contributed by atoms with E-state index in [0.29, 0.717) is 12.3 Å². The van der Waals surface area contributed by atoms with Crippen molar-refractivity contribution in [3.8, 4) is 0 Å². The molecule has 1 atom stereocenters. The summed E-state index contributed by atoms with van der Waals surface area (Å²) >= 11 is 0. The predicted molar refractivity (Wildman–Crippen MR) is 38.6 cm³/mol. The molecular weight excluding hydrogens is 135 g/mol. The molecule has 1 heterocycles. The molecule has 1 aliphatic rings. The molecule has 0 aliphatic carbocycles. The number of hydrogen-bond donors (Lipinski definition) is 1. The van der Waals surface area contributed by atoms with E-state index in [9.17, 15) is 4.79 Å². The molecule has 0 bridgehead atoms. The number of carbonyl (C=O) groups is 1. The van der Waals surface area contributed by atoms with Crippen molar-refractivity contribution in [1.29, 1.82) is 0 Å². The summed E-state index contributed by atoms with van der Waals surface area (Å²) in [6, 6.07) is 0. The van der Waals surface area contributed by atoms with Crippen LogP contribution in [0.25, 0.3) is 0 Å². The molecule has 0 aromatic carbocycles. The fourth-order valence-electron chi connectivity index (χ4n) is 1.02. The fraction of sp³-hybridized carbons (Fsp3) is 0.800. The van der Waals surface area contributed by atoms with Gasteiger partial charge in [0, 0.05) is 19.5 Å². The van der Waals surface area contributed by atoms with Gasteiger partial charge in [-0.1, -0.05) is 9.39 Å². The summed E-state index contributed by atoms with van der Waals surface area (Å²) < 4.78 is 2.09. The summed E-state index contributed by atoms with van der Waals surface area (Å²) in [4.78, 5) is 10.3. The standard InChI is InChI=1S/C5H11N2OP/c6-5(8)1-4-2-7(9)3-4/h4H,1-3,9H2,(H2,6,8). The number of carbonyl (C=O) groups excluding carboxylic acids is 1. The molecule has 3 nitrogen and oxygen atoms in total. The Kier molecular flexibility index (Phi) is 2.04. The van der Waals surface area contributed by atoms with E-state index in [0.717, 1.165) is 13.1 Å². The molecule has 1 rings (SSSR count). The monoisotopic (exact) mass is 146 g/mol. The zero-order valence-corrected chi connectivity index (χ0v) is 6.36. The highest BCUT2D eigenvalue weighted by molar-refractivity contribution is 7.13. The number of primary amides is 1. The average molecular weight is 146 g/mol. The van der Waals surface area contributed by atoms with Gasteiger partial charge in [0.2, 0.25) is 5.91 Å². The van der Waals surface area contributed by atoms with Crippen molar-refractivity contribution in [3.05, 3.63) is 0 Å². The first-order valence-corrected chi connectivity index (χ1v) is 3.48. The molecule has 52 valence electrons. The van der Waals surface area contributed by atoms with Crippen molar-refractivity contribution in [1.82, 2.24) is 4.67 Å². The summed E-state index contributed by atoms with van der Waals surface area (Å²) in [6.07, 6.45) is 0.547. The topological polar surface area (TPSA) is 46.3 Å². The molecule has 1 saturated heterocycles. The summed E-state index contributed by atoms with van der Waals surface area (Å²) in [5, 5.41) is 0. The van der Waals surface area contributed by atoms with Gasteiger partial charge in [-0.25, -0.2) is 0 Å². The SMILES string of the molecule is NC(=O)CC1CN(P)C1. The number of amides is 1. The normalized spacial score (nSPS) is 21.4. The van der Waals surface area contributed by atoms with Crippen LogP contribution in [0.3, 0.4) is 0 Å². The minimum absolute atomic E-state index is 0.182. The van der Waals surface area contributed by atoms with Crippen LogP contribution in [-0.4, -0.2) is 23.7 Å². The zero-order valence-electron chi connectivity index (χ0n) is 5.21. The lowest BCUT2D eigenvalue weighted by Crippen LogP contribution is -2.41. The summed E-state index contributed by atoms with van der Waals surface area (Å²) in [5.41, 5.74) is 4.98. The predicted octanol–water partition coefficient (Wildman–Crippen LogP) is -0.416. The van der Waals surface area contributed by atoms with E-state index in [1.807, 2.05) is 0 Å². The van der Waals surface area contributed by atoms with Gasteiger partial charge in [-0.05, 0) is 5.92 Å². The van der Waals surface area contributed by atoms with E-state index in [1.165, 1.54) is 0 Å². The van der Waals surface area contributed by atoms with Gasteiger partial charge in [0.1, 0.15) is 0 Å². The second kappa shape index (κ2) is 2.63. The van der Waals surface area contributed by atoms with Crippen molar-refractivity contribution >= 4 is 15.3 Å². The summed E-state index contributed by atoms with van der Waals surface area (Å²) in [6.45, 7) is 1.99. The first-order valence-electron chi connectivity index (χ1n) is 2.96. The Morgan fingerprint density at radius 2 is 2.33 bits per heavy atom. The quantitative estimate of drug-likeness (QED) is 0.538. The van der Waals surface area contributed by atoms with Gasteiger partial charge in [0.15, 0.2) is 0 Å². The maximum atomic E-state index is 10.3. The van der Waals surface area contributed by atoms with Crippen molar-refractivity contribution in [2.75, 3.05) is 13.1 Å². The molecule has 4 heteroatoms. The highest BCUT2D eigenvalue weighted by Crippen LogP contribution is 2.21. The maximum absolute atomic E-state index is 10.3. The molecule has 0 spiro atoms. The van der Waals surface area contributed by atoms with Gasteiger partial charge in [0.05, 0.1) is 0 Å². The highest BCUT2D eigenvalue weighted by atomic mass is 31.0. The Balaban J connectivity index is 2.11. The third-order valence-corrected chi connectivity index (χ3v) is 1.90. The van der Waals surface area contributed by atoms with Crippen LogP contribution in [0, 0.1) is 5.92 Å². The molecule has 1 aliphatic heterocycles. The van der Waals surface area contributed by atoms with Gasteiger partial charge in [-0.15, -0.1) is 0 Å². The molecule has 2 N–H and O–H groups in total. The number of hydrogen-bond acceptors (Lipinski definition) is 2. The van der Waals surface area contributed by atoms with E-state index in [-0.39, 0.29) is 5.91 Å². The van der Waals surface area contributed by atoms with Crippen molar-refractivity contribution in [2.24, 2.45) is 11.7 Å². The molecule has 0 radical (unpaired) electrons. The Morgan fingerprint density at radius 1 is 1.78 bits per heavy atom. The minimum Gasteiger partial charge on any atom is -0.370 e. The van der Waals surface area contributed by atoms with Gasteiger partial charge < -0.3 is 5.73 Å². The van der Waals surface area contributed by atoms with Crippen LogP contribution in [0.1, 0.15) is 6.42 Å². The third kappa shape index (κ3) is 1.92. The average Bonchev–Trinajstić information content (AvgIpc) is 1.60. The van der Waals surface area contributed by atoms with E-state index in [4.69, 9.17) is 5.73 Å². The molecule has 0 saturated carbocycles.